The SMILES string of the molecule is CC[C@H]1OC(=O)[C@H](C)[C@@H](O[C@H]2C[C@@](C)(OC)[C@@H](OC(C)=O)[C@H](C)O2)[C@H](C)[C@@H](O[C@@H]2O[C@H](C)C[C@H](N(C)C)[C@H]2OC(C)=O)[C@](C)(O)C[C@@H](C)C(=O)/C(C)=C/[C@]1(C)O. The normalized spacial score (nSPS) is 44.2. The number of cyclic esters (lactones) is 1. The van der Waals surface area contributed by atoms with Crippen LogP contribution >= 0.6 is 0 Å². The molecule has 0 aliphatic carbocycles. The molecule has 0 aromatic carbocycles. The molecule has 0 bridgehead atoms. The zero-order valence-corrected chi connectivity index (χ0v) is 36.2. The Bertz CT molecular complexity index is 1410. The topological polar surface area (TPSA) is 186 Å². The lowest BCUT2D eigenvalue weighted by molar-refractivity contribution is -0.319. The molecule has 56 heavy (non-hydrogen) atoms. The Morgan fingerprint density at radius 1 is 0.911 bits per heavy atom. The van der Waals surface area contributed by atoms with Crippen LogP contribution in [-0.4, -0.2) is 138 Å². The summed E-state index contributed by atoms with van der Waals surface area (Å²) in [6, 6.07) is -0.312. The summed E-state index contributed by atoms with van der Waals surface area (Å²) in [6.07, 6.45) is -6.09. The van der Waals surface area contributed by atoms with Gasteiger partial charge in [0.25, 0.3) is 0 Å². The summed E-state index contributed by atoms with van der Waals surface area (Å²) in [5.41, 5.74) is -4.31. The third-order valence-corrected chi connectivity index (χ3v) is 11.7. The number of nitrogens with zero attached hydrogens (tertiary/aromatic N) is 1. The van der Waals surface area contributed by atoms with Gasteiger partial charge in [0, 0.05) is 39.2 Å². The fourth-order valence-corrected chi connectivity index (χ4v) is 8.78. The number of aliphatic hydroxyl groups is 2. The quantitative estimate of drug-likeness (QED) is 0.253. The van der Waals surface area contributed by atoms with Gasteiger partial charge in [0.05, 0.1) is 42.0 Å². The van der Waals surface area contributed by atoms with Crippen LogP contribution in [0.5, 0.6) is 0 Å². The Kier molecular flexibility index (Phi) is 16.3. The summed E-state index contributed by atoms with van der Waals surface area (Å²) < 4.78 is 49.6. The van der Waals surface area contributed by atoms with E-state index in [9.17, 15) is 29.4 Å². The fourth-order valence-electron chi connectivity index (χ4n) is 8.78. The molecule has 322 valence electrons. The van der Waals surface area contributed by atoms with Gasteiger partial charge >= 0.3 is 17.9 Å². The highest BCUT2D eigenvalue weighted by Crippen LogP contribution is 2.41. The number of hydrogen-bond donors (Lipinski definition) is 2. The Morgan fingerprint density at radius 2 is 1.52 bits per heavy atom. The minimum Gasteiger partial charge on any atom is -0.459 e. The number of methoxy groups -OCH3 is 1. The smallest absolute Gasteiger partial charge is 0.311 e. The third kappa shape index (κ3) is 11.4. The molecule has 15 heteroatoms. The van der Waals surface area contributed by atoms with Crippen LogP contribution in [-0.2, 0) is 57.1 Å². The van der Waals surface area contributed by atoms with E-state index in [0.29, 0.717) is 6.42 Å². The van der Waals surface area contributed by atoms with Gasteiger partial charge in [-0.15, -0.1) is 0 Å². The zero-order valence-electron chi connectivity index (χ0n) is 36.2. The third-order valence-electron chi connectivity index (χ3n) is 11.7. The molecule has 0 radical (unpaired) electrons. The number of hydrogen-bond acceptors (Lipinski definition) is 15. The van der Waals surface area contributed by atoms with Crippen molar-refractivity contribution in [3.8, 4) is 0 Å². The zero-order chi connectivity index (χ0) is 42.7. The number of ether oxygens (including phenoxy) is 8. The largest absolute Gasteiger partial charge is 0.459 e. The van der Waals surface area contributed by atoms with Gasteiger partial charge in [-0.1, -0.05) is 20.8 Å². The van der Waals surface area contributed by atoms with Gasteiger partial charge in [0.2, 0.25) is 0 Å². The molecule has 0 aromatic heterocycles. The lowest BCUT2D eigenvalue weighted by Gasteiger charge is -2.49. The maximum atomic E-state index is 14.2. The molecule has 0 unspecified atom stereocenters. The van der Waals surface area contributed by atoms with Crippen molar-refractivity contribution in [1.29, 1.82) is 0 Å². The second-order valence-electron chi connectivity index (χ2n) is 17.2. The Hall–Kier alpha value is -2.50. The van der Waals surface area contributed by atoms with Crippen molar-refractivity contribution in [2.45, 2.75) is 187 Å². The van der Waals surface area contributed by atoms with E-state index in [-0.39, 0.29) is 42.8 Å². The molecular formula is C41H69NO14. The number of likely N-dealkylation sites (N-methyl/N-ethyl adjacent to an activating group) is 1. The van der Waals surface area contributed by atoms with E-state index in [1.807, 2.05) is 25.9 Å². The maximum Gasteiger partial charge on any atom is 0.311 e. The van der Waals surface area contributed by atoms with Gasteiger partial charge in [-0.2, -0.15) is 0 Å². The molecule has 2 saturated heterocycles. The van der Waals surface area contributed by atoms with Gasteiger partial charge in [0.15, 0.2) is 30.6 Å². The minimum absolute atomic E-state index is 0.0862. The van der Waals surface area contributed by atoms with Crippen molar-refractivity contribution in [2.24, 2.45) is 17.8 Å². The second kappa shape index (κ2) is 19.0. The molecule has 2 N–H and O–H groups in total. The van der Waals surface area contributed by atoms with E-state index < -0.39 is 102 Å². The molecule has 16 atom stereocenters. The van der Waals surface area contributed by atoms with Gasteiger partial charge in [-0.25, -0.2) is 0 Å². The molecule has 0 amide bonds. The minimum atomic E-state index is -1.79. The number of allylic oxidation sites excluding steroid dienone is 1. The van der Waals surface area contributed by atoms with Crippen LogP contribution in [0, 0.1) is 17.8 Å². The second-order valence-corrected chi connectivity index (χ2v) is 17.2. The van der Waals surface area contributed by atoms with Crippen LogP contribution in [0.1, 0.15) is 109 Å². The monoisotopic (exact) mass is 799 g/mol. The van der Waals surface area contributed by atoms with E-state index in [0.717, 1.165) is 0 Å². The van der Waals surface area contributed by atoms with Gasteiger partial charge in [-0.3, -0.25) is 19.2 Å². The highest BCUT2D eigenvalue weighted by atomic mass is 16.7. The molecule has 0 spiro atoms. The Labute approximate surface area is 333 Å². The van der Waals surface area contributed by atoms with Crippen LogP contribution in [0.4, 0.5) is 0 Å². The van der Waals surface area contributed by atoms with E-state index in [4.69, 9.17) is 37.9 Å². The first-order chi connectivity index (χ1) is 25.8. The molecule has 3 heterocycles. The average Bonchev–Trinajstić information content (AvgIpc) is 3.08. The summed E-state index contributed by atoms with van der Waals surface area (Å²) in [5.74, 6) is -4.76. The van der Waals surface area contributed by atoms with Crippen molar-refractivity contribution in [2.75, 3.05) is 21.2 Å². The van der Waals surface area contributed by atoms with E-state index in [2.05, 4.69) is 0 Å². The van der Waals surface area contributed by atoms with Crippen molar-refractivity contribution in [3.63, 3.8) is 0 Å². The van der Waals surface area contributed by atoms with E-state index in [1.165, 1.54) is 34.0 Å². The van der Waals surface area contributed by atoms with Crippen molar-refractivity contribution < 1.29 is 67.3 Å². The summed E-state index contributed by atoms with van der Waals surface area (Å²) in [5, 5.41) is 24.1. The molecule has 2 fully saturated rings. The summed E-state index contributed by atoms with van der Waals surface area (Å²) in [6.45, 7) is 19.4. The molecule has 3 aliphatic rings. The number of Topliss-reactive ketones (excluding diaryl/α,β-unsaturated/α-hetero) is 1. The Balaban J connectivity index is 2.23. The lowest BCUT2D eigenvalue weighted by Crippen LogP contribution is -2.61. The number of carbonyl (C=O) groups is 4. The molecule has 3 rings (SSSR count). The van der Waals surface area contributed by atoms with Gasteiger partial charge in [0.1, 0.15) is 17.3 Å². The van der Waals surface area contributed by atoms with Crippen LogP contribution in [0.25, 0.3) is 0 Å². The van der Waals surface area contributed by atoms with Crippen LogP contribution < -0.4 is 0 Å². The van der Waals surface area contributed by atoms with E-state index >= 15 is 0 Å². The van der Waals surface area contributed by atoms with Crippen molar-refractivity contribution >= 4 is 23.7 Å². The molecule has 3 aliphatic heterocycles. The first-order valence-corrected chi connectivity index (χ1v) is 19.8. The molecular weight excluding hydrogens is 730 g/mol. The number of esters is 3. The first kappa shape index (κ1) is 47.9. The number of ketones is 1. The van der Waals surface area contributed by atoms with Gasteiger partial charge in [-0.05, 0) is 93.5 Å². The summed E-state index contributed by atoms with van der Waals surface area (Å²) >= 11 is 0. The lowest BCUT2D eigenvalue weighted by atomic mass is 9.76. The highest BCUT2D eigenvalue weighted by Gasteiger charge is 2.53. The predicted octanol–water partition coefficient (Wildman–Crippen LogP) is 3.88. The summed E-state index contributed by atoms with van der Waals surface area (Å²) in [7, 11) is 5.23. The Morgan fingerprint density at radius 3 is 2.05 bits per heavy atom. The molecule has 15 nitrogen and oxygen atoms in total. The van der Waals surface area contributed by atoms with Gasteiger partial charge < -0.3 is 53.0 Å². The molecule has 0 saturated carbocycles. The molecule has 0 aromatic rings. The predicted molar refractivity (Wildman–Crippen MR) is 204 cm³/mol. The number of rotatable bonds is 9. The fraction of sp³-hybridized carbons (Fsp3) is 0.854. The van der Waals surface area contributed by atoms with Crippen LogP contribution in [0.3, 0.4) is 0 Å². The van der Waals surface area contributed by atoms with Crippen LogP contribution in [0.2, 0.25) is 0 Å². The maximum absolute atomic E-state index is 14.2. The first-order valence-electron chi connectivity index (χ1n) is 19.8. The van der Waals surface area contributed by atoms with E-state index in [1.54, 1.807) is 55.4 Å². The highest BCUT2D eigenvalue weighted by molar-refractivity contribution is 5.96. The summed E-state index contributed by atoms with van der Waals surface area (Å²) in [4.78, 5) is 54.5. The number of carbonyl (C=O) groups excluding carboxylic acids is 4. The standard InChI is InChI=1S/C41H69NO14/c1-16-30-39(10,47)18-21(2)32(45)22(3)19-40(11,48)35(56-38-34(52-27(8)43)29(42(13)14)17-23(4)50-38)24(5)33(25(6)37(46)54-30)55-31-20-41(12,49-15)36(26(7)51-31)53-28(9)44/h18,22-26,29-31,33-36,38,47-48H,16-17,19-20H2,1-15H3/b21-18+/t22-,23-,24+,25-,26+,29+,30-,31+,33+,34-,35-,36+,38+,39+,40-,41-/m1/s1. The van der Waals surface area contributed by atoms with Crippen molar-refractivity contribution in [3.05, 3.63) is 11.6 Å². The average molecular weight is 800 g/mol. The van der Waals surface area contributed by atoms with Crippen LogP contribution in [0.15, 0.2) is 11.6 Å². The van der Waals surface area contributed by atoms with Crippen molar-refractivity contribution in [1.82, 2.24) is 4.90 Å².